The lowest BCUT2D eigenvalue weighted by Crippen LogP contribution is -2.10. The van der Waals surface area contributed by atoms with Crippen LogP contribution < -0.4 is 0 Å². The Morgan fingerprint density at radius 3 is 1.94 bits per heavy atom. The van der Waals surface area contributed by atoms with Crippen molar-refractivity contribution >= 4 is 17.9 Å². The fraction of sp³-hybridized carbons (Fsp3) is 0. The summed E-state index contributed by atoms with van der Waals surface area (Å²) in [5.41, 5.74) is 0.880. The van der Waals surface area contributed by atoms with Crippen LogP contribution >= 0.6 is 0 Å². The Morgan fingerprint density at radius 1 is 0.778 bits per heavy atom. The molecular weight excluding hydrogens is 228 g/mol. The summed E-state index contributed by atoms with van der Waals surface area (Å²) in [6.45, 7) is 0. The average Bonchev–Trinajstić information content (AvgIpc) is 2.46. The second-order valence-corrected chi connectivity index (χ2v) is 3.72. The van der Waals surface area contributed by atoms with Gasteiger partial charge in [-0.15, -0.1) is 0 Å². The van der Waals surface area contributed by atoms with E-state index >= 15 is 0 Å². The molecule has 88 valence electrons. The molecule has 0 unspecified atom stereocenters. The summed E-state index contributed by atoms with van der Waals surface area (Å²) < 4.78 is 0. The van der Waals surface area contributed by atoms with Crippen molar-refractivity contribution in [3.05, 3.63) is 71.3 Å². The number of rotatable bonds is 4. The minimum absolute atomic E-state index is 0.140. The number of carbonyl (C=O) groups excluding carboxylic acids is 3. The molecule has 0 aliphatic rings. The summed E-state index contributed by atoms with van der Waals surface area (Å²) in [5, 5.41) is 0. The maximum absolute atomic E-state index is 12.2. The van der Waals surface area contributed by atoms with E-state index in [0.717, 1.165) is 0 Å². The Balaban J connectivity index is 2.49. The third kappa shape index (κ3) is 2.25. The van der Waals surface area contributed by atoms with E-state index in [1.54, 1.807) is 48.5 Å². The highest BCUT2D eigenvalue weighted by atomic mass is 16.2. The van der Waals surface area contributed by atoms with E-state index < -0.39 is 5.78 Å². The van der Waals surface area contributed by atoms with Gasteiger partial charge in [-0.25, -0.2) is 0 Å². The molecule has 18 heavy (non-hydrogen) atoms. The lowest BCUT2D eigenvalue weighted by molar-refractivity contribution is -0.104. The van der Waals surface area contributed by atoms with Crippen LogP contribution in [0.3, 0.4) is 0 Å². The van der Waals surface area contributed by atoms with E-state index in [9.17, 15) is 14.4 Å². The van der Waals surface area contributed by atoms with Crippen LogP contribution in [0.2, 0.25) is 0 Å². The van der Waals surface area contributed by atoms with Crippen molar-refractivity contribution in [3.63, 3.8) is 0 Å². The van der Waals surface area contributed by atoms with Gasteiger partial charge in [0.25, 0.3) is 0 Å². The van der Waals surface area contributed by atoms with Crippen LogP contribution in [-0.2, 0) is 4.79 Å². The van der Waals surface area contributed by atoms with Crippen LogP contribution in [-0.4, -0.2) is 17.9 Å². The molecule has 0 amide bonds. The summed E-state index contributed by atoms with van der Waals surface area (Å²) in [7, 11) is 0. The van der Waals surface area contributed by atoms with Crippen molar-refractivity contribution in [2.24, 2.45) is 0 Å². The van der Waals surface area contributed by atoms with E-state index in [-0.39, 0.29) is 23.2 Å². The maximum atomic E-state index is 12.2. The van der Waals surface area contributed by atoms with Crippen LogP contribution in [0.4, 0.5) is 0 Å². The normalized spacial score (nSPS) is 9.78. The van der Waals surface area contributed by atoms with Gasteiger partial charge in [0.1, 0.15) is 0 Å². The molecule has 3 nitrogen and oxygen atoms in total. The first kappa shape index (κ1) is 11.9. The Labute approximate surface area is 104 Å². The van der Waals surface area contributed by atoms with Crippen molar-refractivity contribution in [2.45, 2.75) is 0 Å². The van der Waals surface area contributed by atoms with Crippen LogP contribution in [0.1, 0.15) is 26.3 Å². The SMILES string of the molecule is O=CC(=O)c1ccccc1C(=O)c1ccccc1. The lowest BCUT2D eigenvalue weighted by atomic mass is 9.96. The highest BCUT2D eigenvalue weighted by molar-refractivity contribution is 6.35. The summed E-state index contributed by atoms with van der Waals surface area (Å²) in [4.78, 5) is 34.2. The maximum Gasteiger partial charge on any atom is 0.226 e. The van der Waals surface area contributed by atoms with E-state index in [0.29, 0.717) is 5.56 Å². The molecular formula is C15H10O3. The largest absolute Gasteiger partial charge is 0.294 e. The monoisotopic (exact) mass is 238 g/mol. The number of hydrogen-bond acceptors (Lipinski definition) is 3. The van der Waals surface area contributed by atoms with Gasteiger partial charge in [-0.05, 0) is 0 Å². The van der Waals surface area contributed by atoms with Gasteiger partial charge in [0.05, 0.1) is 0 Å². The zero-order valence-corrected chi connectivity index (χ0v) is 9.50. The van der Waals surface area contributed by atoms with Crippen molar-refractivity contribution in [3.8, 4) is 0 Å². The van der Waals surface area contributed by atoms with Crippen molar-refractivity contribution < 1.29 is 14.4 Å². The first-order chi connectivity index (χ1) is 8.74. The molecule has 0 aliphatic carbocycles. The third-order valence-corrected chi connectivity index (χ3v) is 2.58. The molecule has 2 rings (SSSR count). The summed E-state index contributed by atoms with van der Waals surface area (Å²) in [6.07, 6.45) is 0.219. The fourth-order valence-electron chi connectivity index (χ4n) is 1.70. The van der Waals surface area contributed by atoms with Gasteiger partial charge in [-0.2, -0.15) is 0 Å². The fourth-order valence-corrected chi connectivity index (χ4v) is 1.70. The number of carbonyl (C=O) groups is 3. The van der Waals surface area contributed by atoms with Gasteiger partial charge < -0.3 is 0 Å². The molecule has 0 radical (unpaired) electrons. The van der Waals surface area contributed by atoms with Gasteiger partial charge in [0.2, 0.25) is 5.78 Å². The Hall–Kier alpha value is -2.55. The quantitative estimate of drug-likeness (QED) is 0.466. The first-order valence-electron chi connectivity index (χ1n) is 5.42. The molecule has 0 N–H and O–H groups in total. The third-order valence-electron chi connectivity index (χ3n) is 2.58. The summed E-state index contributed by atoms with van der Waals surface area (Å²) in [6, 6.07) is 15.0. The molecule has 0 aromatic heterocycles. The molecule has 0 bridgehead atoms. The Kier molecular flexibility index (Phi) is 3.44. The molecule has 0 heterocycles. The van der Waals surface area contributed by atoms with Gasteiger partial charge in [-0.3, -0.25) is 14.4 Å². The van der Waals surface area contributed by atoms with Crippen LogP contribution in [0.15, 0.2) is 54.6 Å². The van der Waals surface area contributed by atoms with Crippen LogP contribution in [0.25, 0.3) is 0 Å². The first-order valence-corrected chi connectivity index (χ1v) is 5.42. The number of aldehydes is 1. The molecule has 3 heteroatoms. The molecule has 2 aromatic rings. The van der Waals surface area contributed by atoms with Gasteiger partial charge in [-0.1, -0.05) is 54.6 Å². The topological polar surface area (TPSA) is 51.2 Å². The van der Waals surface area contributed by atoms with Crippen LogP contribution in [0, 0.1) is 0 Å². The Bertz CT molecular complexity index is 600. The number of Topliss-reactive ketones (excluding diaryl/α,β-unsaturated/α-hetero) is 1. The minimum atomic E-state index is -0.685. The van der Waals surface area contributed by atoms with Crippen molar-refractivity contribution in [1.29, 1.82) is 0 Å². The second-order valence-electron chi connectivity index (χ2n) is 3.72. The number of hydrogen-bond donors (Lipinski definition) is 0. The molecule has 0 aliphatic heterocycles. The lowest BCUT2D eigenvalue weighted by Gasteiger charge is -2.05. The zero-order valence-electron chi connectivity index (χ0n) is 9.50. The van der Waals surface area contributed by atoms with Crippen molar-refractivity contribution in [2.75, 3.05) is 0 Å². The minimum Gasteiger partial charge on any atom is -0.294 e. The molecule has 0 spiro atoms. The molecule has 0 saturated carbocycles. The van der Waals surface area contributed by atoms with E-state index in [1.807, 2.05) is 0 Å². The Morgan fingerprint density at radius 2 is 1.33 bits per heavy atom. The molecule has 0 atom stereocenters. The second kappa shape index (κ2) is 5.19. The number of benzene rings is 2. The van der Waals surface area contributed by atoms with Crippen molar-refractivity contribution in [1.82, 2.24) is 0 Å². The standard InChI is InChI=1S/C15H10O3/c16-10-14(17)12-8-4-5-9-13(12)15(18)11-6-2-1-3-7-11/h1-10H. The van der Waals surface area contributed by atoms with E-state index in [4.69, 9.17) is 0 Å². The van der Waals surface area contributed by atoms with Gasteiger partial charge in [0, 0.05) is 16.7 Å². The highest BCUT2D eigenvalue weighted by Gasteiger charge is 2.16. The highest BCUT2D eigenvalue weighted by Crippen LogP contribution is 2.14. The van der Waals surface area contributed by atoms with E-state index in [1.165, 1.54) is 6.07 Å². The van der Waals surface area contributed by atoms with Gasteiger partial charge >= 0.3 is 0 Å². The predicted molar refractivity (Wildman–Crippen MR) is 66.7 cm³/mol. The summed E-state index contributed by atoms with van der Waals surface area (Å²) >= 11 is 0. The zero-order chi connectivity index (χ0) is 13.0. The smallest absolute Gasteiger partial charge is 0.226 e. The molecule has 2 aromatic carbocycles. The predicted octanol–water partition coefficient (Wildman–Crippen LogP) is 2.30. The van der Waals surface area contributed by atoms with Crippen LogP contribution in [0.5, 0.6) is 0 Å². The molecule has 0 saturated heterocycles. The average molecular weight is 238 g/mol. The number of ketones is 2. The van der Waals surface area contributed by atoms with E-state index in [2.05, 4.69) is 0 Å². The molecule has 0 fully saturated rings. The summed E-state index contributed by atoms with van der Waals surface area (Å²) in [5.74, 6) is -0.948. The van der Waals surface area contributed by atoms with Gasteiger partial charge in [0.15, 0.2) is 12.1 Å².